The number of amides is 1. The molecule has 3 aromatic rings. The lowest BCUT2D eigenvalue weighted by atomic mass is 9.70. The first kappa shape index (κ1) is 21.5. The van der Waals surface area contributed by atoms with Gasteiger partial charge in [-0.25, -0.2) is 0 Å². The number of rotatable bonds is 4. The Morgan fingerprint density at radius 2 is 2.06 bits per heavy atom. The van der Waals surface area contributed by atoms with Crippen molar-refractivity contribution in [1.82, 2.24) is 14.9 Å². The number of fused-ring (bicyclic) bond motifs is 8. The number of nitrogens with zero attached hydrogens (tertiary/aromatic N) is 4. The highest BCUT2D eigenvalue weighted by Gasteiger charge is 2.49. The highest BCUT2D eigenvalue weighted by Crippen LogP contribution is 2.47. The summed E-state index contributed by atoms with van der Waals surface area (Å²) in [6, 6.07) is 14.0. The molecule has 9 nitrogen and oxygen atoms in total. The van der Waals surface area contributed by atoms with Gasteiger partial charge in [0.15, 0.2) is 0 Å². The second-order valence-corrected chi connectivity index (χ2v) is 9.69. The minimum atomic E-state index is -0.391. The first-order valence-electron chi connectivity index (χ1n) is 11.9. The molecular weight excluding hydrogens is 446 g/mol. The normalized spacial score (nSPS) is 24.1. The van der Waals surface area contributed by atoms with Gasteiger partial charge in [-0.15, -0.1) is 0 Å². The molecule has 178 valence electrons. The number of carbonyl (C=O) groups is 1. The summed E-state index contributed by atoms with van der Waals surface area (Å²) < 4.78 is 1.87. The minimum absolute atomic E-state index is 0.00457. The van der Waals surface area contributed by atoms with E-state index in [1.54, 1.807) is 30.6 Å². The van der Waals surface area contributed by atoms with Crippen molar-refractivity contribution in [1.29, 1.82) is 0 Å². The van der Waals surface area contributed by atoms with E-state index >= 15 is 0 Å². The van der Waals surface area contributed by atoms with Crippen LogP contribution in [0.3, 0.4) is 0 Å². The van der Waals surface area contributed by atoms with Gasteiger partial charge in [-0.2, -0.15) is 0 Å². The predicted molar refractivity (Wildman–Crippen MR) is 129 cm³/mol. The van der Waals surface area contributed by atoms with E-state index in [1.165, 1.54) is 0 Å². The zero-order chi connectivity index (χ0) is 24.1. The molecule has 9 heteroatoms. The number of hydrogen-bond donors (Lipinski definition) is 1. The monoisotopic (exact) mass is 471 g/mol. The Hall–Kier alpha value is -4.01. The van der Waals surface area contributed by atoms with E-state index in [9.17, 15) is 19.7 Å². The molecule has 0 aliphatic carbocycles. The van der Waals surface area contributed by atoms with Crippen LogP contribution in [-0.2, 0) is 24.3 Å². The summed E-state index contributed by atoms with van der Waals surface area (Å²) in [6.45, 7) is 1.61. The van der Waals surface area contributed by atoms with Crippen LogP contribution in [0.4, 0.5) is 11.4 Å². The van der Waals surface area contributed by atoms with E-state index < -0.39 is 4.92 Å². The highest BCUT2D eigenvalue weighted by atomic mass is 16.6. The maximum Gasteiger partial charge on any atom is 0.269 e. The fourth-order valence-electron chi connectivity index (χ4n) is 6.27. The summed E-state index contributed by atoms with van der Waals surface area (Å²) in [7, 11) is 0. The molecular formula is C26H25N5O4. The van der Waals surface area contributed by atoms with Gasteiger partial charge in [0.25, 0.3) is 11.2 Å². The molecule has 3 aliphatic rings. The van der Waals surface area contributed by atoms with Crippen molar-refractivity contribution < 1.29 is 9.72 Å². The van der Waals surface area contributed by atoms with Crippen molar-refractivity contribution in [3.05, 3.63) is 98.2 Å². The van der Waals surface area contributed by atoms with Crippen LogP contribution in [0.25, 0.3) is 0 Å². The molecule has 2 bridgehead atoms. The maximum absolute atomic E-state index is 13.6. The van der Waals surface area contributed by atoms with Crippen molar-refractivity contribution in [3.63, 3.8) is 0 Å². The van der Waals surface area contributed by atoms with Crippen LogP contribution in [0.2, 0.25) is 0 Å². The first-order valence-corrected chi connectivity index (χ1v) is 11.9. The standard InChI is InChI=1S/C26H25N5O4/c32-24-5-1-4-22-18-9-19(15-29(22)24)25-21(26(33)28-13-16-3-2-8-27-12-16)11-17-10-20(31(34)35)6-7-23(17)30(25)14-18/h1-8,10,12,18-19,21,25H,9,11,13-15H2,(H,28,33)/t18-,19-,21+,25-/m0/s1. The Morgan fingerprint density at radius 1 is 1.17 bits per heavy atom. The Labute approximate surface area is 201 Å². The number of nitrogens with one attached hydrogen (secondary N) is 1. The topological polar surface area (TPSA) is 110 Å². The molecule has 1 fully saturated rings. The molecule has 5 heterocycles. The van der Waals surface area contributed by atoms with Crippen LogP contribution < -0.4 is 15.8 Å². The van der Waals surface area contributed by atoms with Gasteiger partial charge in [0, 0.05) is 73.6 Å². The number of anilines is 1. The maximum atomic E-state index is 13.6. The molecule has 1 amide bonds. The summed E-state index contributed by atoms with van der Waals surface area (Å²) in [4.78, 5) is 43.6. The Balaban J connectivity index is 1.38. The van der Waals surface area contributed by atoms with Crippen molar-refractivity contribution in [2.45, 2.75) is 37.9 Å². The van der Waals surface area contributed by atoms with E-state index in [-0.39, 0.29) is 40.9 Å². The van der Waals surface area contributed by atoms with E-state index in [2.05, 4.69) is 15.2 Å². The van der Waals surface area contributed by atoms with Crippen LogP contribution in [0.15, 0.2) is 65.7 Å². The van der Waals surface area contributed by atoms with Gasteiger partial charge in [0.05, 0.1) is 10.8 Å². The molecule has 4 atom stereocenters. The molecule has 6 rings (SSSR count). The largest absolute Gasteiger partial charge is 0.366 e. The van der Waals surface area contributed by atoms with E-state index in [1.807, 2.05) is 34.9 Å². The van der Waals surface area contributed by atoms with Gasteiger partial charge in [-0.05, 0) is 48.1 Å². The van der Waals surface area contributed by atoms with Gasteiger partial charge in [-0.1, -0.05) is 12.1 Å². The van der Waals surface area contributed by atoms with Crippen molar-refractivity contribution in [2.24, 2.45) is 11.8 Å². The number of aromatic nitrogens is 2. The molecule has 1 N–H and O–H groups in total. The molecule has 0 unspecified atom stereocenters. The van der Waals surface area contributed by atoms with Gasteiger partial charge >= 0.3 is 0 Å². The minimum Gasteiger partial charge on any atom is -0.366 e. The highest BCUT2D eigenvalue weighted by molar-refractivity contribution is 5.82. The number of pyridine rings is 2. The Morgan fingerprint density at radius 3 is 2.86 bits per heavy atom. The average Bonchev–Trinajstić information content (AvgIpc) is 2.87. The predicted octanol–water partition coefficient (Wildman–Crippen LogP) is 2.63. The molecule has 1 aromatic carbocycles. The SMILES string of the molecule is O=C(NCc1cccnc1)[C@@H]1Cc2cc([N+](=O)[O-])ccc2N2C[C@@H]3C[C@@H](Cn4c3cccc4=O)[C@@H]12. The lowest BCUT2D eigenvalue weighted by Gasteiger charge is -2.54. The van der Waals surface area contributed by atoms with Crippen LogP contribution >= 0.6 is 0 Å². The second kappa shape index (κ2) is 8.33. The Bertz CT molecular complexity index is 1370. The molecule has 0 spiro atoms. The van der Waals surface area contributed by atoms with Gasteiger partial charge in [0.2, 0.25) is 5.91 Å². The number of nitro groups is 1. The zero-order valence-electron chi connectivity index (χ0n) is 19.0. The molecule has 35 heavy (non-hydrogen) atoms. The zero-order valence-corrected chi connectivity index (χ0v) is 19.0. The molecule has 3 aliphatic heterocycles. The third kappa shape index (κ3) is 3.67. The fourth-order valence-corrected chi connectivity index (χ4v) is 6.27. The summed E-state index contributed by atoms with van der Waals surface area (Å²) in [5.74, 6) is -0.170. The molecule has 0 saturated carbocycles. The number of carbonyl (C=O) groups excluding carboxylic acids is 1. The van der Waals surface area contributed by atoms with Crippen LogP contribution in [-0.4, -0.2) is 33.0 Å². The first-order chi connectivity index (χ1) is 17.0. The van der Waals surface area contributed by atoms with Gasteiger partial charge in [0.1, 0.15) is 0 Å². The quantitative estimate of drug-likeness (QED) is 0.463. The number of non-ortho nitro benzene ring substituents is 1. The smallest absolute Gasteiger partial charge is 0.269 e. The summed E-state index contributed by atoms with van der Waals surface area (Å²) in [6.07, 6.45) is 4.76. The number of nitro benzene ring substituents is 1. The molecule has 2 aromatic heterocycles. The van der Waals surface area contributed by atoms with Crippen molar-refractivity contribution >= 4 is 17.3 Å². The summed E-state index contributed by atoms with van der Waals surface area (Å²) in [5, 5.41) is 14.5. The Kier molecular flexibility index (Phi) is 5.12. The third-order valence-electron chi connectivity index (χ3n) is 7.73. The number of piperidine rings is 1. The summed E-state index contributed by atoms with van der Waals surface area (Å²) >= 11 is 0. The van der Waals surface area contributed by atoms with Gasteiger partial charge in [-0.3, -0.25) is 24.7 Å². The van der Waals surface area contributed by atoms with E-state index in [0.29, 0.717) is 26.1 Å². The lowest BCUT2D eigenvalue weighted by Crippen LogP contribution is -2.61. The third-order valence-corrected chi connectivity index (χ3v) is 7.73. The van der Waals surface area contributed by atoms with Crippen LogP contribution in [0.1, 0.15) is 29.2 Å². The molecule has 0 radical (unpaired) electrons. The lowest BCUT2D eigenvalue weighted by molar-refractivity contribution is -0.384. The van der Waals surface area contributed by atoms with Gasteiger partial charge < -0.3 is 14.8 Å². The summed E-state index contributed by atoms with van der Waals surface area (Å²) in [5.41, 5.74) is 3.74. The number of benzene rings is 1. The van der Waals surface area contributed by atoms with E-state index in [0.717, 1.165) is 28.9 Å². The van der Waals surface area contributed by atoms with Crippen molar-refractivity contribution in [3.8, 4) is 0 Å². The average molecular weight is 472 g/mol. The van der Waals surface area contributed by atoms with Crippen molar-refractivity contribution in [2.75, 3.05) is 11.4 Å². The fraction of sp³-hybridized carbons (Fsp3) is 0.346. The second-order valence-electron chi connectivity index (χ2n) is 9.69. The number of hydrogen-bond acceptors (Lipinski definition) is 6. The molecule has 1 saturated heterocycles. The van der Waals surface area contributed by atoms with E-state index in [4.69, 9.17) is 0 Å². The van der Waals surface area contributed by atoms with Crippen LogP contribution in [0, 0.1) is 22.0 Å². The van der Waals surface area contributed by atoms with Crippen LogP contribution in [0.5, 0.6) is 0 Å².